The molecule has 0 saturated heterocycles. The summed E-state index contributed by atoms with van der Waals surface area (Å²) in [5.41, 5.74) is 0.882. The molecule has 0 aliphatic carbocycles. The van der Waals surface area contributed by atoms with Gasteiger partial charge in [-0.3, -0.25) is 0 Å². The molecule has 0 heterocycles. The van der Waals surface area contributed by atoms with Crippen LogP contribution in [-0.4, -0.2) is 0 Å². The third-order valence-corrected chi connectivity index (χ3v) is 3.39. The lowest BCUT2D eigenvalue weighted by atomic mass is 10.2. The van der Waals surface area contributed by atoms with Gasteiger partial charge < -0.3 is 0 Å². The highest BCUT2D eigenvalue weighted by Gasteiger charge is 2.18. The van der Waals surface area contributed by atoms with Crippen molar-refractivity contribution in [2.45, 2.75) is 10.6 Å². The van der Waals surface area contributed by atoms with Crippen LogP contribution < -0.4 is 0 Å². The van der Waals surface area contributed by atoms with Crippen molar-refractivity contribution in [3.05, 3.63) is 65.2 Å². The van der Waals surface area contributed by atoms with Gasteiger partial charge in [-0.25, -0.2) is 17.6 Å². The lowest BCUT2D eigenvalue weighted by Gasteiger charge is -2.05. The molecule has 18 heavy (non-hydrogen) atoms. The summed E-state index contributed by atoms with van der Waals surface area (Å²) < 4.78 is 52.0. The quantitative estimate of drug-likeness (QED) is 0.342. The molecule has 94 valence electrons. The number of hydrogen-bond acceptors (Lipinski definition) is 1. The van der Waals surface area contributed by atoms with Gasteiger partial charge in [-0.1, -0.05) is 30.3 Å². The summed E-state index contributed by atoms with van der Waals surface area (Å²) in [7, 11) is 0. The van der Waals surface area contributed by atoms with Gasteiger partial charge in [0.05, 0.1) is 0 Å². The van der Waals surface area contributed by atoms with Crippen molar-refractivity contribution in [1.82, 2.24) is 0 Å². The predicted octanol–water partition coefficient (Wildman–Crippen LogP) is 4.54. The predicted molar refractivity (Wildman–Crippen MR) is 62.3 cm³/mol. The average molecular weight is 272 g/mol. The standard InChI is InChI=1S/C13H8F4S/c14-9-6-10(12(16)13(17)11(9)15)18-7-8-4-2-1-3-5-8/h1-6H,7H2. The van der Waals surface area contributed by atoms with Crippen LogP contribution in [0, 0.1) is 23.3 Å². The van der Waals surface area contributed by atoms with Crippen molar-refractivity contribution < 1.29 is 17.6 Å². The molecule has 0 aliphatic heterocycles. The second-order valence-electron chi connectivity index (χ2n) is 3.57. The Balaban J connectivity index is 2.20. The molecule has 0 amide bonds. The van der Waals surface area contributed by atoms with E-state index in [1.54, 1.807) is 24.3 Å². The summed E-state index contributed by atoms with van der Waals surface area (Å²) in [6, 6.07) is 9.71. The van der Waals surface area contributed by atoms with Gasteiger partial charge in [0.15, 0.2) is 23.3 Å². The molecule has 2 aromatic carbocycles. The average Bonchev–Trinajstić information content (AvgIpc) is 2.40. The van der Waals surface area contributed by atoms with Crippen LogP contribution in [0.15, 0.2) is 41.3 Å². The summed E-state index contributed by atoms with van der Waals surface area (Å²) in [5, 5.41) is 0. The van der Waals surface area contributed by atoms with E-state index in [2.05, 4.69) is 0 Å². The molecule has 0 N–H and O–H groups in total. The van der Waals surface area contributed by atoms with Gasteiger partial charge in [0.25, 0.3) is 0 Å². The van der Waals surface area contributed by atoms with Gasteiger partial charge in [0, 0.05) is 10.6 Å². The van der Waals surface area contributed by atoms with Crippen LogP contribution in [-0.2, 0) is 5.75 Å². The number of rotatable bonds is 3. The van der Waals surface area contributed by atoms with Crippen LogP contribution in [0.5, 0.6) is 0 Å². The molecule has 0 unspecified atom stereocenters. The van der Waals surface area contributed by atoms with Crippen LogP contribution >= 0.6 is 11.8 Å². The fraction of sp³-hybridized carbons (Fsp3) is 0.0769. The van der Waals surface area contributed by atoms with Crippen LogP contribution in [0.4, 0.5) is 17.6 Å². The third-order valence-electron chi connectivity index (χ3n) is 2.31. The molecular formula is C13H8F4S. The van der Waals surface area contributed by atoms with E-state index in [9.17, 15) is 17.6 Å². The highest BCUT2D eigenvalue weighted by Crippen LogP contribution is 2.29. The van der Waals surface area contributed by atoms with E-state index >= 15 is 0 Å². The number of benzene rings is 2. The minimum absolute atomic E-state index is 0.241. The summed E-state index contributed by atoms with van der Waals surface area (Å²) in [6.07, 6.45) is 0. The van der Waals surface area contributed by atoms with E-state index in [0.29, 0.717) is 11.8 Å². The van der Waals surface area contributed by atoms with E-state index in [0.717, 1.165) is 17.3 Å². The molecule has 0 aromatic heterocycles. The molecule has 0 aliphatic rings. The smallest absolute Gasteiger partial charge is 0.198 e. The zero-order valence-electron chi connectivity index (χ0n) is 9.09. The summed E-state index contributed by atoms with van der Waals surface area (Å²) in [6.45, 7) is 0. The Morgan fingerprint density at radius 1 is 0.833 bits per heavy atom. The topological polar surface area (TPSA) is 0 Å². The first-order chi connectivity index (χ1) is 8.59. The Morgan fingerprint density at radius 2 is 1.50 bits per heavy atom. The molecular weight excluding hydrogens is 264 g/mol. The normalized spacial score (nSPS) is 10.7. The maximum atomic E-state index is 13.3. The van der Waals surface area contributed by atoms with E-state index in [-0.39, 0.29) is 4.90 Å². The highest BCUT2D eigenvalue weighted by molar-refractivity contribution is 7.98. The molecule has 5 heteroatoms. The summed E-state index contributed by atoms with van der Waals surface area (Å²) >= 11 is 0.916. The van der Waals surface area contributed by atoms with Crippen molar-refractivity contribution in [3.63, 3.8) is 0 Å². The first-order valence-corrected chi connectivity index (χ1v) is 6.08. The van der Waals surface area contributed by atoms with Crippen molar-refractivity contribution in [3.8, 4) is 0 Å². The first kappa shape index (κ1) is 13.0. The Hall–Kier alpha value is -1.49. The van der Waals surface area contributed by atoms with Gasteiger partial charge in [0.1, 0.15) is 0 Å². The van der Waals surface area contributed by atoms with Gasteiger partial charge in [-0.2, -0.15) is 0 Å². The second-order valence-corrected chi connectivity index (χ2v) is 4.59. The second kappa shape index (κ2) is 5.44. The minimum Gasteiger partial charge on any atom is -0.204 e. The molecule has 0 spiro atoms. The van der Waals surface area contributed by atoms with Gasteiger partial charge >= 0.3 is 0 Å². The Bertz CT molecular complexity index is 555. The van der Waals surface area contributed by atoms with Crippen LogP contribution in [0.2, 0.25) is 0 Å². The van der Waals surface area contributed by atoms with Crippen molar-refractivity contribution >= 4 is 11.8 Å². The van der Waals surface area contributed by atoms with Gasteiger partial charge in [0.2, 0.25) is 0 Å². The van der Waals surface area contributed by atoms with E-state index in [1.165, 1.54) is 0 Å². The zero-order valence-corrected chi connectivity index (χ0v) is 9.91. The zero-order chi connectivity index (χ0) is 13.1. The largest absolute Gasteiger partial charge is 0.204 e. The minimum atomic E-state index is -1.78. The Kier molecular flexibility index (Phi) is 3.91. The third kappa shape index (κ3) is 2.67. The first-order valence-electron chi connectivity index (χ1n) is 5.09. The molecule has 0 bridgehead atoms. The fourth-order valence-electron chi connectivity index (χ4n) is 1.39. The Labute approximate surface area is 106 Å². The summed E-state index contributed by atoms with van der Waals surface area (Å²) in [4.78, 5) is -0.241. The molecule has 2 rings (SSSR count). The Morgan fingerprint density at radius 3 is 2.17 bits per heavy atom. The SMILES string of the molecule is Fc1cc(SCc2ccccc2)c(F)c(F)c1F. The summed E-state index contributed by atoms with van der Waals surface area (Å²) in [5.74, 6) is -5.94. The van der Waals surface area contributed by atoms with Crippen LogP contribution in [0.1, 0.15) is 5.56 Å². The van der Waals surface area contributed by atoms with Crippen molar-refractivity contribution in [2.24, 2.45) is 0 Å². The van der Waals surface area contributed by atoms with Crippen LogP contribution in [0.25, 0.3) is 0 Å². The fourth-order valence-corrected chi connectivity index (χ4v) is 2.31. The van der Waals surface area contributed by atoms with E-state index in [4.69, 9.17) is 0 Å². The molecule has 0 nitrogen and oxygen atoms in total. The number of halogens is 4. The monoisotopic (exact) mass is 272 g/mol. The van der Waals surface area contributed by atoms with E-state index < -0.39 is 23.3 Å². The van der Waals surface area contributed by atoms with Gasteiger partial charge in [-0.05, 0) is 11.6 Å². The molecule has 0 fully saturated rings. The van der Waals surface area contributed by atoms with Gasteiger partial charge in [-0.15, -0.1) is 11.8 Å². The van der Waals surface area contributed by atoms with Crippen LogP contribution in [0.3, 0.4) is 0 Å². The van der Waals surface area contributed by atoms with E-state index in [1.807, 2.05) is 6.07 Å². The molecule has 0 radical (unpaired) electrons. The van der Waals surface area contributed by atoms with Crippen molar-refractivity contribution in [1.29, 1.82) is 0 Å². The maximum Gasteiger partial charge on any atom is 0.198 e. The molecule has 2 aromatic rings. The molecule has 0 saturated carbocycles. The highest BCUT2D eigenvalue weighted by atomic mass is 32.2. The lowest BCUT2D eigenvalue weighted by molar-refractivity contribution is 0.398. The number of hydrogen-bond donors (Lipinski definition) is 0. The van der Waals surface area contributed by atoms with Crippen molar-refractivity contribution in [2.75, 3.05) is 0 Å². The lowest BCUT2D eigenvalue weighted by Crippen LogP contribution is -1.97. The maximum absolute atomic E-state index is 13.3. The molecule has 0 atom stereocenters. The number of thioether (sulfide) groups is 1.